The molecule has 1 saturated heterocycles. The summed E-state index contributed by atoms with van der Waals surface area (Å²) in [4.78, 5) is 42.8. The van der Waals surface area contributed by atoms with Crippen molar-refractivity contribution < 1.29 is 18.7 Å². The maximum absolute atomic E-state index is 15.8. The van der Waals surface area contributed by atoms with Gasteiger partial charge in [0.15, 0.2) is 11.5 Å². The van der Waals surface area contributed by atoms with E-state index in [4.69, 9.17) is 0 Å². The lowest BCUT2D eigenvalue weighted by Gasteiger charge is -2.40. The Morgan fingerprint density at radius 1 is 1.12 bits per heavy atom. The number of phenols is 1. The lowest BCUT2D eigenvalue weighted by atomic mass is 10.0. The molecule has 1 N–H and O–H groups in total. The van der Waals surface area contributed by atoms with Crippen molar-refractivity contribution in [2.45, 2.75) is 46.6 Å². The molecular formula is C29H30F2N6O3. The topological polar surface area (TPSA) is 104 Å². The number of fused-ring (bicyclic) bond motifs is 1. The van der Waals surface area contributed by atoms with E-state index in [9.17, 15) is 19.1 Å². The maximum atomic E-state index is 15.8. The van der Waals surface area contributed by atoms with Crippen molar-refractivity contribution in [3.63, 3.8) is 0 Å². The van der Waals surface area contributed by atoms with Crippen molar-refractivity contribution in [3.05, 3.63) is 69.9 Å². The Kier molecular flexibility index (Phi) is 6.99. The molecule has 4 aromatic rings. The van der Waals surface area contributed by atoms with E-state index >= 15 is 4.39 Å². The lowest BCUT2D eigenvalue weighted by Crippen LogP contribution is -2.54. The minimum Gasteiger partial charge on any atom is -0.507 e. The third kappa shape index (κ3) is 4.55. The van der Waals surface area contributed by atoms with E-state index in [0.717, 1.165) is 11.6 Å². The van der Waals surface area contributed by atoms with Gasteiger partial charge in [-0.15, -0.1) is 0 Å². The largest absolute Gasteiger partial charge is 0.507 e. The van der Waals surface area contributed by atoms with Gasteiger partial charge in [-0.3, -0.25) is 9.78 Å². The molecule has 1 amide bonds. The van der Waals surface area contributed by atoms with Gasteiger partial charge in [0, 0.05) is 38.8 Å². The zero-order valence-corrected chi connectivity index (χ0v) is 22.9. The van der Waals surface area contributed by atoms with Crippen LogP contribution in [-0.2, 0) is 4.79 Å². The number of rotatable bonds is 4. The van der Waals surface area contributed by atoms with Gasteiger partial charge in [-0.2, -0.15) is 4.98 Å². The van der Waals surface area contributed by atoms with Gasteiger partial charge in [0.2, 0.25) is 5.91 Å². The molecule has 1 fully saturated rings. The van der Waals surface area contributed by atoms with Crippen LogP contribution in [0.15, 0.2) is 41.3 Å². The van der Waals surface area contributed by atoms with E-state index < -0.39 is 34.3 Å². The molecule has 0 unspecified atom stereocenters. The fraction of sp³-hybridized carbons (Fsp3) is 0.345. The molecule has 208 valence electrons. The molecule has 1 aliphatic heterocycles. The highest BCUT2D eigenvalue weighted by Crippen LogP contribution is 2.36. The van der Waals surface area contributed by atoms with E-state index in [2.05, 4.69) is 15.0 Å². The summed E-state index contributed by atoms with van der Waals surface area (Å²) >= 11 is 0. The number of carbonyl (C=O) groups is 1. The van der Waals surface area contributed by atoms with Crippen LogP contribution in [0.5, 0.6) is 5.75 Å². The highest BCUT2D eigenvalue weighted by molar-refractivity contribution is 5.91. The second kappa shape index (κ2) is 10.3. The van der Waals surface area contributed by atoms with Crippen molar-refractivity contribution in [1.82, 2.24) is 24.4 Å². The summed E-state index contributed by atoms with van der Waals surface area (Å²) in [7, 11) is 0. The summed E-state index contributed by atoms with van der Waals surface area (Å²) in [6.07, 6.45) is 1.65. The molecule has 11 heteroatoms. The fourth-order valence-corrected chi connectivity index (χ4v) is 5.29. The Balaban J connectivity index is 1.86. The Morgan fingerprint density at radius 2 is 1.88 bits per heavy atom. The first kappa shape index (κ1) is 27.2. The van der Waals surface area contributed by atoms with Gasteiger partial charge < -0.3 is 14.9 Å². The van der Waals surface area contributed by atoms with Crippen LogP contribution in [0.3, 0.4) is 0 Å². The number of nitrogens with zero attached hydrogens (tertiary/aromatic N) is 6. The summed E-state index contributed by atoms with van der Waals surface area (Å²) < 4.78 is 31.9. The minimum absolute atomic E-state index is 0.0493. The third-order valence-corrected chi connectivity index (χ3v) is 7.30. The van der Waals surface area contributed by atoms with Crippen LogP contribution in [0.2, 0.25) is 0 Å². The normalized spacial score (nSPS) is 15.8. The summed E-state index contributed by atoms with van der Waals surface area (Å²) in [6.45, 7) is 10.3. The summed E-state index contributed by atoms with van der Waals surface area (Å²) in [5.74, 6) is -2.15. The number of aryl methyl sites for hydroxylation is 1. The van der Waals surface area contributed by atoms with Gasteiger partial charge in [0.1, 0.15) is 23.1 Å². The second-order valence-corrected chi connectivity index (χ2v) is 10.4. The van der Waals surface area contributed by atoms with Gasteiger partial charge in [-0.1, -0.05) is 19.9 Å². The van der Waals surface area contributed by atoms with Gasteiger partial charge in [0.05, 0.1) is 22.3 Å². The van der Waals surface area contributed by atoms with E-state index in [0.29, 0.717) is 31.0 Å². The zero-order valence-electron chi connectivity index (χ0n) is 22.9. The molecule has 1 aliphatic rings. The fourth-order valence-electron chi connectivity index (χ4n) is 5.29. The molecule has 5 rings (SSSR count). The summed E-state index contributed by atoms with van der Waals surface area (Å²) in [6, 6.07) is 6.35. The van der Waals surface area contributed by atoms with Crippen LogP contribution in [0.4, 0.5) is 14.6 Å². The monoisotopic (exact) mass is 548 g/mol. The van der Waals surface area contributed by atoms with Crippen LogP contribution in [-0.4, -0.2) is 61.1 Å². The van der Waals surface area contributed by atoms with Crippen molar-refractivity contribution in [2.24, 2.45) is 0 Å². The van der Waals surface area contributed by atoms with Crippen LogP contribution in [0.1, 0.15) is 44.9 Å². The van der Waals surface area contributed by atoms with Crippen molar-refractivity contribution in [3.8, 4) is 22.7 Å². The number of phenolic OH excluding ortho intramolecular Hbond substituents is 1. The number of benzene rings is 1. The number of aromatic hydroxyl groups is 1. The number of hydrogen-bond acceptors (Lipinski definition) is 7. The van der Waals surface area contributed by atoms with Gasteiger partial charge in [-0.05, 0) is 49.6 Å². The molecule has 0 radical (unpaired) electrons. The average Bonchev–Trinajstić information content (AvgIpc) is 2.89. The predicted molar refractivity (Wildman–Crippen MR) is 148 cm³/mol. The molecule has 9 nitrogen and oxygen atoms in total. The molecule has 1 aromatic carbocycles. The van der Waals surface area contributed by atoms with Crippen LogP contribution < -0.4 is 10.6 Å². The van der Waals surface area contributed by atoms with E-state index in [1.165, 1.54) is 29.7 Å². The third-order valence-electron chi connectivity index (χ3n) is 7.30. The van der Waals surface area contributed by atoms with Crippen LogP contribution in [0, 0.1) is 18.6 Å². The number of amides is 1. The van der Waals surface area contributed by atoms with Crippen molar-refractivity contribution >= 4 is 22.8 Å². The lowest BCUT2D eigenvalue weighted by molar-refractivity contribution is -0.129. The molecule has 3 aromatic heterocycles. The highest BCUT2D eigenvalue weighted by Gasteiger charge is 2.30. The second-order valence-electron chi connectivity index (χ2n) is 10.4. The number of hydrogen-bond donors (Lipinski definition) is 1. The Morgan fingerprint density at radius 3 is 2.52 bits per heavy atom. The SMILES string of the molecule is CC(=O)N1CCN(c2nc(=O)n(-c3c(C)ccnc3C(C)C)c3nc(-c4c(O)cccc4F)c(F)cc23)[C@@H](C)C1. The quantitative estimate of drug-likeness (QED) is 0.405. The first-order valence-electron chi connectivity index (χ1n) is 13.1. The predicted octanol–water partition coefficient (Wildman–Crippen LogP) is 4.32. The number of piperazine rings is 1. The highest BCUT2D eigenvalue weighted by atomic mass is 19.1. The minimum atomic E-state index is -0.886. The zero-order chi connectivity index (χ0) is 28.9. The van der Waals surface area contributed by atoms with Crippen LogP contribution >= 0.6 is 0 Å². The molecule has 40 heavy (non-hydrogen) atoms. The Labute approximate surface area is 229 Å². The number of halogens is 2. The average molecular weight is 549 g/mol. The van der Waals surface area contributed by atoms with Gasteiger partial charge in [0.25, 0.3) is 0 Å². The first-order chi connectivity index (χ1) is 19.0. The number of carbonyl (C=O) groups excluding carboxylic acids is 1. The molecule has 0 saturated carbocycles. The molecule has 1 atom stereocenters. The first-order valence-corrected chi connectivity index (χ1v) is 13.1. The number of anilines is 1. The molecule has 0 aliphatic carbocycles. The molecular weight excluding hydrogens is 518 g/mol. The van der Waals surface area contributed by atoms with E-state index in [-0.39, 0.29) is 34.7 Å². The Hall–Kier alpha value is -4.41. The smallest absolute Gasteiger partial charge is 0.355 e. The van der Waals surface area contributed by atoms with E-state index in [1.807, 2.05) is 32.6 Å². The summed E-state index contributed by atoms with van der Waals surface area (Å²) in [5.41, 5.74) is 0.344. The standard InChI is InChI=1S/C29H30F2N6O3/c1-15(2)24-26(16(3)9-10-32-24)37-28-19(13-21(31)25(33-28)23-20(30)7-6-8-22(23)39)27(34-29(37)40)36-12-11-35(18(5)38)14-17(36)4/h6-10,13,15,17,39H,11-12,14H2,1-5H3/t17-/m0/s1. The maximum Gasteiger partial charge on any atom is 0.355 e. The molecule has 4 heterocycles. The van der Waals surface area contributed by atoms with E-state index in [1.54, 1.807) is 17.2 Å². The number of pyridine rings is 2. The van der Waals surface area contributed by atoms with Crippen molar-refractivity contribution in [1.29, 1.82) is 0 Å². The van der Waals surface area contributed by atoms with Crippen molar-refractivity contribution in [2.75, 3.05) is 24.5 Å². The molecule has 0 spiro atoms. The van der Waals surface area contributed by atoms with Gasteiger partial charge in [-0.25, -0.2) is 23.1 Å². The summed E-state index contributed by atoms with van der Waals surface area (Å²) in [5, 5.41) is 10.7. The Bertz CT molecular complexity index is 1680. The van der Waals surface area contributed by atoms with Gasteiger partial charge >= 0.3 is 5.69 Å². The number of aromatic nitrogens is 4. The van der Waals surface area contributed by atoms with Crippen LogP contribution in [0.25, 0.3) is 28.0 Å². The molecule has 0 bridgehead atoms.